The Morgan fingerprint density at radius 3 is 2.50 bits per heavy atom. The van der Waals surface area contributed by atoms with Gasteiger partial charge < -0.3 is 14.4 Å². The molecule has 0 bridgehead atoms. The zero-order valence-corrected chi connectivity index (χ0v) is 19.2. The molecule has 0 radical (unpaired) electrons. The molecule has 1 saturated heterocycles. The van der Waals surface area contributed by atoms with Crippen molar-refractivity contribution in [1.82, 2.24) is 14.8 Å². The lowest BCUT2D eigenvalue weighted by Crippen LogP contribution is -2.48. The molecule has 0 atom stereocenters. The monoisotopic (exact) mass is 449 g/mol. The Hall–Kier alpha value is -3.16. The van der Waals surface area contributed by atoms with Crippen LogP contribution in [0.4, 0.5) is 0 Å². The van der Waals surface area contributed by atoms with E-state index in [1.807, 2.05) is 46.7 Å². The first-order chi connectivity index (χ1) is 15.7. The van der Waals surface area contributed by atoms with Crippen LogP contribution < -0.4 is 9.47 Å². The van der Waals surface area contributed by atoms with Crippen molar-refractivity contribution < 1.29 is 14.3 Å². The van der Waals surface area contributed by atoms with Crippen molar-refractivity contribution in [3.63, 3.8) is 0 Å². The molecule has 0 spiro atoms. The van der Waals surface area contributed by atoms with Crippen LogP contribution in [0.25, 0.3) is 16.6 Å². The van der Waals surface area contributed by atoms with E-state index < -0.39 is 0 Å². The number of rotatable bonds is 7. The number of carbonyl (C=O) groups is 1. The second-order valence-corrected chi connectivity index (χ2v) is 8.37. The van der Waals surface area contributed by atoms with Gasteiger partial charge in [-0.3, -0.25) is 9.69 Å². The summed E-state index contributed by atoms with van der Waals surface area (Å²) in [4.78, 5) is 21.8. The number of nitrogens with zero attached hydrogens (tertiary/aromatic N) is 3. The highest BCUT2D eigenvalue weighted by Gasteiger charge is 2.23. The molecule has 0 unspecified atom stereocenters. The number of hydrogen-bond donors (Lipinski definition) is 0. The molecule has 1 amide bonds. The summed E-state index contributed by atoms with van der Waals surface area (Å²) in [6.45, 7) is 4.02. The summed E-state index contributed by atoms with van der Waals surface area (Å²) in [5.41, 5.74) is 2.61. The standard InChI is InChI=1S/C25H27N3O3S/c1-30-22-11-10-20(17-23(22)31-2)24-26-21(18-32-24)25(29)28-15-13-27(14-16-28)12-6-9-19-7-4-3-5-8-19/h3-11,17-18H,12-16H2,1-2H3. The predicted octanol–water partition coefficient (Wildman–Crippen LogP) is 4.30. The number of hydrogen-bond acceptors (Lipinski definition) is 6. The minimum absolute atomic E-state index is 0.00699. The van der Waals surface area contributed by atoms with Gasteiger partial charge >= 0.3 is 0 Å². The molecule has 2 aromatic carbocycles. The predicted molar refractivity (Wildman–Crippen MR) is 128 cm³/mol. The average molecular weight is 450 g/mol. The van der Waals surface area contributed by atoms with Gasteiger partial charge in [-0.1, -0.05) is 42.5 Å². The van der Waals surface area contributed by atoms with Crippen LogP contribution in [0.2, 0.25) is 0 Å². The number of aromatic nitrogens is 1. The summed E-state index contributed by atoms with van der Waals surface area (Å²) in [7, 11) is 3.21. The van der Waals surface area contributed by atoms with Crippen LogP contribution in [-0.4, -0.2) is 67.6 Å². The third kappa shape index (κ3) is 5.18. The number of ether oxygens (including phenoxy) is 2. The van der Waals surface area contributed by atoms with Crippen LogP contribution >= 0.6 is 11.3 Å². The first-order valence-electron chi connectivity index (χ1n) is 10.6. The van der Waals surface area contributed by atoms with Gasteiger partial charge in [-0.15, -0.1) is 11.3 Å². The summed E-state index contributed by atoms with van der Waals surface area (Å²) < 4.78 is 10.7. The van der Waals surface area contributed by atoms with Crippen LogP contribution in [0.1, 0.15) is 16.1 Å². The van der Waals surface area contributed by atoms with Crippen LogP contribution in [-0.2, 0) is 0 Å². The lowest BCUT2D eigenvalue weighted by Gasteiger charge is -2.33. The number of carbonyl (C=O) groups excluding carboxylic acids is 1. The van der Waals surface area contributed by atoms with E-state index in [9.17, 15) is 4.79 Å². The van der Waals surface area contributed by atoms with Gasteiger partial charge in [-0.2, -0.15) is 0 Å². The minimum Gasteiger partial charge on any atom is -0.493 e. The first kappa shape index (κ1) is 22.0. The van der Waals surface area contributed by atoms with Crippen molar-refractivity contribution >= 4 is 23.3 Å². The van der Waals surface area contributed by atoms with Crippen molar-refractivity contribution in [2.75, 3.05) is 46.9 Å². The Morgan fingerprint density at radius 2 is 1.78 bits per heavy atom. The maximum Gasteiger partial charge on any atom is 0.273 e. The van der Waals surface area contributed by atoms with Crippen LogP contribution in [0.5, 0.6) is 11.5 Å². The second-order valence-electron chi connectivity index (χ2n) is 7.51. The Bertz CT molecular complexity index is 1070. The molecule has 3 aromatic rings. The number of amides is 1. The van der Waals surface area contributed by atoms with Crippen molar-refractivity contribution in [2.45, 2.75) is 0 Å². The van der Waals surface area contributed by atoms with E-state index in [-0.39, 0.29) is 5.91 Å². The molecule has 0 N–H and O–H groups in total. The average Bonchev–Trinajstić information content (AvgIpc) is 3.34. The van der Waals surface area contributed by atoms with E-state index in [2.05, 4.69) is 34.2 Å². The van der Waals surface area contributed by atoms with Crippen molar-refractivity contribution in [2.24, 2.45) is 0 Å². The largest absolute Gasteiger partial charge is 0.493 e. The fraction of sp³-hybridized carbons (Fsp3) is 0.280. The van der Waals surface area contributed by atoms with E-state index in [4.69, 9.17) is 9.47 Å². The second kappa shape index (κ2) is 10.4. The summed E-state index contributed by atoms with van der Waals surface area (Å²) in [5, 5.41) is 2.63. The molecule has 0 aliphatic carbocycles. The fourth-order valence-corrected chi connectivity index (χ4v) is 4.46. The lowest BCUT2D eigenvalue weighted by atomic mass is 10.2. The Balaban J connectivity index is 1.33. The molecule has 1 aromatic heterocycles. The summed E-state index contributed by atoms with van der Waals surface area (Å²) >= 11 is 1.46. The van der Waals surface area contributed by atoms with Crippen molar-refractivity contribution in [3.8, 4) is 22.1 Å². The fourth-order valence-electron chi connectivity index (χ4n) is 3.67. The van der Waals surface area contributed by atoms with Crippen LogP contribution in [0.15, 0.2) is 60.0 Å². The summed E-state index contributed by atoms with van der Waals surface area (Å²) in [5.74, 6) is 1.30. The maximum atomic E-state index is 13.0. The van der Waals surface area contributed by atoms with E-state index >= 15 is 0 Å². The third-order valence-corrected chi connectivity index (χ3v) is 6.38. The Kier molecular flexibility index (Phi) is 7.19. The van der Waals surface area contributed by atoms with Crippen molar-refractivity contribution in [1.29, 1.82) is 0 Å². The Labute approximate surface area is 192 Å². The SMILES string of the molecule is COc1ccc(-c2nc(C(=O)N3CCN(CC=Cc4ccccc4)CC3)cs2)cc1OC. The molecule has 166 valence electrons. The molecular formula is C25H27N3O3S. The smallest absolute Gasteiger partial charge is 0.273 e. The van der Waals surface area contributed by atoms with Gasteiger partial charge in [0.25, 0.3) is 5.91 Å². The number of piperazine rings is 1. The molecule has 0 saturated carbocycles. The molecule has 6 nitrogen and oxygen atoms in total. The van der Waals surface area contributed by atoms with Gasteiger partial charge in [0.15, 0.2) is 11.5 Å². The van der Waals surface area contributed by atoms with Gasteiger partial charge in [-0.05, 0) is 23.8 Å². The third-order valence-electron chi connectivity index (χ3n) is 5.49. The quantitative estimate of drug-likeness (QED) is 0.538. The first-order valence-corrected chi connectivity index (χ1v) is 11.5. The molecule has 2 heterocycles. The molecule has 32 heavy (non-hydrogen) atoms. The van der Waals surface area contributed by atoms with Crippen molar-refractivity contribution in [3.05, 3.63) is 71.2 Å². The minimum atomic E-state index is -0.00699. The summed E-state index contributed by atoms with van der Waals surface area (Å²) in [6, 6.07) is 16.0. The highest BCUT2D eigenvalue weighted by molar-refractivity contribution is 7.13. The van der Waals surface area contributed by atoms with E-state index in [0.717, 1.165) is 30.2 Å². The van der Waals surface area contributed by atoms with Crippen LogP contribution in [0, 0.1) is 0 Å². The van der Waals surface area contributed by atoms with E-state index in [1.54, 1.807) is 14.2 Å². The van der Waals surface area contributed by atoms with Gasteiger partial charge in [0.1, 0.15) is 10.7 Å². The molecule has 1 aliphatic rings. The van der Waals surface area contributed by atoms with Crippen LogP contribution in [0.3, 0.4) is 0 Å². The molecule has 1 aliphatic heterocycles. The lowest BCUT2D eigenvalue weighted by molar-refractivity contribution is 0.0645. The zero-order chi connectivity index (χ0) is 22.3. The molecule has 4 rings (SSSR count). The van der Waals surface area contributed by atoms with Gasteiger partial charge in [-0.25, -0.2) is 4.98 Å². The molecule has 1 fully saturated rings. The summed E-state index contributed by atoms with van der Waals surface area (Å²) in [6.07, 6.45) is 4.32. The van der Waals surface area contributed by atoms with Gasteiger partial charge in [0.05, 0.1) is 14.2 Å². The number of benzene rings is 2. The highest BCUT2D eigenvalue weighted by atomic mass is 32.1. The maximum absolute atomic E-state index is 13.0. The molecule has 7 heteroatoms. The molecular weight excluding hydrogens is 422 g/mol. The van der Waals surface area contributed by atoms with Gasteiger partial charge in [0, 0.05) is 43.7 Å². The van der Waals surface area contributed by atoms with Gasteiger partial charge in [0.2, 0.25) is 0 Å². The number of methoxy groups -OCH3 is 2. The highest BCUT2D eigenvalue weighted by Crippen LogP contribution is 2.33. The topological polar surface area (TPSA) is 54.9 Å². The van der Waals surface area contributed by atoms with E-state index in [0.29, 0.717) is 30.3 Å². The normalized spacial score (nSPS) is 14.6. The Morgan fingerprint density at radius 1 is 1.03 bits per heavy atom. The zero-order valence-electron chi connectivity index (χ0n) is 18.4. The number of thiazole rings is 1. The van der Waals surface area contributed by atoms with E-state index in [1.165, 1.54) is 16.9 Å².